The van der Waals surface area contributed by atoms with Crippen molar-refractivity contribution in [3.8, 4) is 0 Å². The molecule has 1 saturated heterocycles. The fraction of sp³-hybridized carbons (Fsp3) is 0.533. The molecule has 1 N–H and O–H groups in total. The zero-order valence-electron chi connectivity index (χ0n) is 11.4. The lowest BCUT2D eigenvalue weighted by molar-refractivity contribution is -0.131. The molecule has 0 aliphatic carbocycles. The Morgan fingerprint density at radius 2 is 2.26 bits per heavy atom. The second-order valence-electron chi connectivity index (χ2n) is 5.28. The Morgan fingerprint density at radius 3 is 3.00 bits per heavy atom. The normalized spacial score (nSPS) is 19.5. The van der Waals surface area contributed by atoms with Crippen molar-refractivity contribution in [3.63, 3.8) is 0 Å². The molecule has 4 heteroatoms. The van der Waals surface area contributed by atoms with E-state index in [0.29, 0.717) is 19.0 Å². The molecular weight excluding hydrogens is 260 g/mol. The zero-order valence-corrected chi connectivity index (χ0v) is 12.1. The maximum atomic E-state index is 12.0. The number of piperidine rings is 1. The molecule has 0 bridgehead atoms. The van der Waals surface area contributed by atoms with E-state index in [1.54, 1.807) is 0 Å². The summed E-state index contributed by atoms with van der Waals surface area (Å²) in [6.07, 6.45) is 2.36. The van der Waals surface area contributed by atoms with Crippen LogP contribution >= 0.6 is 11.6 Å². The van der Waals surface area contributed by atoms with Crippen LogP contribution in [0.4, 0.5) is 0 Å². The van der Waals surface area contributed by atoms with Gasteiger partial charge in [-0.3, -0.25) is 4.79 Å². The molecule has 1 aromatic carbocycles. The summed E-state index contributed by atoms with van der Waals surface area (Å²) in [5.41, 5.74) is 1.03. The van der Waals surface area contributed by atoms with Gasteiger partial charge in [-0.05, 0) is 30.4 Å². The first-order valence-corrected chi connectivity index (χ1v) is 7.26. The van der Waals surface area contributed by atoms with Gasteiger partial charge >= 0.3 is 0 Å². The number of carbonyl (C=O) groups excluding carboxylic acids is 1. The molecule has 1 unspecified atom stereocenters. The van der Waals surface area contributed by atoms with Crippen molar-refractivity contribution in [3.05, 3.63) is 34.9 Å². The van der Waals surface area contributed by atoms with Gasteiger partial charge in [-0.2, -0.15) is 0 Å². The third-order valence-electron chi connectivity index (χ3n) is 3.56. The molecule has 104 valence electrons. The first kappa shape index (κ1) is 14.4. The minimum Gasteiger partial charge on any atom is -0.341 e. The zero-order chi connectivity index (χ0) is 13.7. The average Bonchev–Trinajstić information content (AvgIpc) is 2.41. The Morgan fingerprint density at radius 1 is 1.47 bits per heavy atom. The SMILES string of the molecule is CC1CCCN(C(=O)CNCc2ccccc2Cl)C1. The summed E-state index contributed by atoms with van der Waals surface area (Å²) in [6, 6.07) is 7.71. The lowest BCUT2D eigenvalue weighted by Crippen LogP contribution is -2.43. The van der Waals surface area contributed by atoms with Gasteiger partial charge in [0.2, 0.25) is 5.91 Å². The van der Waals surface area contributed by atoms with Gasteiger partial charge in [0.15, 0.2) is 0 Å². The van der Waals surface area contributed by atoms with E-state index in [9.17, 15) is 4.79 Å². The van der Waals surface area contributed by atoms with E-state index in [1.165, 1.54) is 6.42 Å². The first-order chi connectivity index (χ1) is 9.16. The van der Waals surface area contributed by atoms with Gasteiger partial charge in [-0.1, -0.05) is 36.7 Å². The summed E-state index contributed by atoms with van der Waals surface area (Å²) >= 11 is 6.07. The monoisotopic (exact) mass is 280 g/mol. The summed E-state index contributed by atoms with van der Waals surface area (Å²) in [5.74, 6) is 0.819. The van der Waals surface area contributed by atoms with Gasteiger partial charge in [0, 0.05) is 24.7 Å². The predicted octanol–water partition coefficient (Wildman–Crippen LogP) is 2.69. The van der Waals surface area contributed by atoms with Crippen molar-refractivity contribution in [2.45, 2.75) is 26.3 Å². The van der Waals surface area contributed by atoms with Gasteiger partial charge in [-0.15, -0.1) is 0 Å². The number of nitrogens with zero attached hydrogens (tertiary/aromatic N) is 1. The highest BCUT2D eigenvalue weighted by Gasteiger charge is 2.20. The van der Waals surface area contributed by atoms with Crippen LogP contribution in [0.5, 0.6) is 0 Å². The van der Waals surface area contributed by atoms with E-state index < -0.39 is 0 Å². The standard InChI is InChI=1S/C15H21ClN2O/c1-12-5-4-8-18(11-12)15(19)10-17-9-13-6-2-3-7-14(13)16/h2-3,6-7,12,17H,4-5,8-11H2,1H3. The molecule has 1 fully saturated rings. The van der Waals surface area contributed by atoms with E-state index in [0.717, 1.165) is 30.1 Å². The number of hydrogen-bond donors (Lipinski definition) is 1. The molecule has 1 atom stereocenters. The summed E-state index contributed by atoms with van der Waals surface area (Å²) in [5, 5.41) is 3.92. The molecular formula is C15H21ClN2O. The fourth-order valence-electron chi connectivity index (χ4n) is 2.47. The minimum atomic E-state index is 0.193. The van der Waals surface area contributed by atoms with Crippen LogP contribution in [0.2, 0.25) is 5.02 Å². The number of halogens is 1. The largest absolute Gasteiger partial charge is 0.341 e. The third-order valence-corrected chi connectivity index (χ3v) is 3.93. The molecule has 1 aliphatic heterocycles. The first-order valence-electron chi connectivity index (χ1n) is 6.88. The third kappa shape index (κ3) is 4.22. The average molecular weight is 281 g/mol. The lowest BCUT2D eigenvalue weighted by Gasteiger charge is -2.31. The summed E-state index contributed by atoms with van der Waals surface area (Å²) in [6.45, 7) is 5.02. The molecule has 0 radical (unpaired) electrons. The number of benzene rings is 1. The highest BCUT2D eigenvalue weighted by Crippen LogP contribution is 2.16. The Hall–Kier alpha value is -1.06. The Kier molecular flexibility index (Phi) is 5.23. The Labute approximate surface area is 119 Å². The van der Waals surface area contributed by atoms with Gasteiger partial charge in [0.05, 0.1) is 6.54 Å². The van der Waals surface area contributed by atoms with Crippen LogP contribution in [-0.2, 0) is 11.3 Å². The van der Waals surface area contributed by atoms with Gasteiger partial charge in [-0.25, -0.2) is 0 Å². The highest BCUT2D eigenvalue weighted by molar-refractivity contribution is 6.31. The van der Waals surface area contributed by atoms with E-state index in [-0.39, 0.29) is 5.91 Å². The molecule has 19 heavy (non-hydrogen) atoms. The number of amides is 1. The van der Waals surface area contributed by atoms with E-state index in [2.05, 4.69) is 12.2 Å². The summed E-state index contributed by atoms with van der Waals surface area (Å²) < 4.78 is 0. The van der Waals surface area contributed by atoms with Crippen molar-refractivity contribution in [2.24, 2.45) is 5.92 Å². The van der Waals surface area contributed by atoms with Crippen molar-refractivity contribution in [1.82, 2.24) is 10.2 Å². The van der Waals surface area contributed by atoms with Crippen molar-refractivity contribution < 1.29 is 4.79 Å². The van der Waals surface area contributed by atoms with Gasteiger partial charge in [0.25, 0.3) is 0 Å². The molecule has 1 aliphatic rings. The number of hydrogen-bond acceptors (Lipinski definition) is 2. The molecule has 1 amide bonds. The van der Waals surface area contributed by atoms with Crippen LogP contribution in [0.15, 0.2) is 24.3 Å². The smallest absolute Gasteiger partial charge is 0.236 e. The summed E-state index contributed by atoms with van der Waals surface area (Å²) in [4.78, 5) is 14.0. The van der Waals surface area contributed by atoms with Gasteiger partial charge < -0.3 is 10.2 Å². The molecule has 1 heterocycles. The Bertz CT molecular complexity index is 436. The molecule has 3 nitrogen and oxygen atoms in total. The second-order valence-corrected chi connectivity index (χ2v) is 5.69. The van der Waals surface area contributed by atoms with Crippen molar-refractivity contribution >= 4 is 17.5 Å². The Balaban J connectivity index is 1.76. The molecule has 0 spiro atoms. The van der Waals surface area contributed by atoms with Gasteiger partial charge in [0.1, 0.15) is 0 Å². The van der Waals surface area contributed by atoms with Crippen LogP contribution < -0.4 is 5.32 Å². The fourth-order valence-corrected chi connectivity index (χ4v) is 2.68. The number of rotatable bonds is 4. The topological polar surface area (TPSA) is 32.3 Å². The number of carbonyl (C=O) groups is 1. The van der Waals surface area contributed by atoms with Crippen LogP contribution in [0.25, 0.3) is 0 Å². The molecule has 1 aromatic rings. The quantitative estimate of drug-likeness (QED) is 0.920. The van der Waals surface area contributed by atoms with Crippen LogP contribution in [0, 0.1) is 5.92 Å². The molecule has 0 saturated carbocycles. The summed E-state index contributed by atoms with van der Waals surface area (Å²) in [7, 11) is 0. The maximum Gasteiger partial charge on any atom is 0.236 e. The van der Waals surface area contributed by atoms with Crippen LogP contribution in [0.3, 0.4) is 0 Å². The number of nitrogens with one attached hydrogen (secondary N) is 1. The highest BCUT2D eigenvalue weighted by atomic mass is 35.5. The molecule has 0 aromatic heterocycles. The van der Waals surface area contributed by atoms with Crippen LogP contribution in [0.1, 0.15) is 25.3 Å². The maximum absolute atomic E-state index is 12.0. The van der Waals surface area contributed by atoms with E-state index in [4.69, 9.17) is 11.6 Å². The number of likely N-dealkylation sites (tertiary alicyclic amines) is 1. The lowest BCUT2D eigenvalue weighted by atomic mass is 10.0. The van der Waals surface area contributed by atoms with Crippen molar-refractivity contribution in [2.75, 3.05) is 19.6 Å². The van der Waals surface area contributed by atoms with Crippen molar-refractivity contribution in [1.29, 1.82) is 0 Å². The molecule has 2 rings (SSSR count). The van der Waals surface area contributed by atoms with E-state index in [1.807, 2.05) is 29.2 Å². The predicted molar refractivity (Wildman–Crippen MR) is 78.1 cm³/mol. The second kappa shape index (κ2) is 6.92. The minimum absolute atomic E-state index is 0.193. The van der Waals surface area contributed by atoms with E-state index >= 15 is 0 Å². The van der Waals surface area contributed by atoms with Crippen LogP contribution in [-0.4, -0.2) is 30.4 Å².